The van der Waals surface area contributed by atoms with Crippen molar-refractivity contribution in [3.63, 3.8) is 0 Å². The Bertz CT molecular complexity index is 737. The highest BCUT2D eigenvalue weighted by Crippen LogP contribution is 2.49. The molecular formula is C15H13N3O4S. The minimum atomic E-state index is -0.480. The molecule has 2 heterocycles. The van der Waals surface area contributed by atoms with Crippen LogP contribution in [-0.2, 0) is 9.59 Å². The first kappa shape index (κ1) is 14.3. The fraction of sp³-hybridized carbons (Fsp3) is 0.400. The molecule has 4 aliphatic rings. The molecule has 118 valence electrons. The van der Waals surface area contributed by atoms with E-state index in [1.807, 2.05) is 0 Å². The maximum Gasteiger partial charge on any atom is 0.324 e. The number of allylic oxidation sites excluding steroid dienone is 2. The van der Waals surface area contributed by atoms with Crippen molar-refractivity contribution < 1.29 is 14.5 Å². The number of hydrazone groups is 1. The lowest BCUT2D eigenvalue weighted by atomic mass is 9.63. The average Bonchev–Trinajstić information content (AvgIpc) is 3.13. The average molecular weight is 331 g/mol. The molecule has 4 atom stereocenters. The lowest BCUT2D eigenvalue weighted by molar-refractivity contribution is -0.380. The summed E-state index contributed by atoms with van der Waals surface area (Å²) in [5, 5.41) is 15.7. The van der Waals surface area contributed by atoms with Gasteiger partial charge in [-0.15, -0.1) is 0 Å². The number of nitro groups is 1. The monoisotopic (exact) mass is 331 g/mol. The van der Waals surface area contributed by atoms with Gasteiger partial charge in [0, 0.05) is 6.07 Å². The first-order valence-corrected chi connectivity index (χ1v) is 8.22. The quantitative estimate of drug-likeness (QED) is 0.279. The fourth-order valence-corrected chi connectivity index (χ4v) is 4.48. The Hall–Kier alpha value is -2.35. The summed E-state index contributed by atoms with van der Waals surface area (Å²) < 4.78 is 0. The Labute approximate surface area is 135 Å². The van der Waals surface area contributed by atoms with Gasteiger partial charge in [-0.3, -0.25) is 19.7 Å². The highest BCUT2D eigenvalue weighted by atomic mass is 32.1. The third kappa shape index (κ3) is 2.13. The Morgan fingerprint density at radius 1 is 1.17 bits per heavy atom. The molecule has 0 radical (unpaired) electrons. The topological polar surface area (TPSA) is 92.9 Å². The van der Waals surface area contributed by atoms with E-state index in [1.165, 1.54) is 12.3 Å². The summed E-state index contributed by atoms with van der Waals surface area (Å²) >= 11 is 0.956. The number of nitrogens with zero attached hydrogens (tertiary/aromatic N) is 3. The maximum atomic E-state index is 12.5. The zero-order valence-electron chi connectivity index (χ0n) is 12.0. The van der Waals surface area contributed by atoms with Crippen LogP contribution < -0.4 is 0 Å². The highest BCUT2D eigenvalue weighted by molar-refractivity contribution is 7.16. The van der Waals surface area contributed by atoms with Crippen molar-refractivity contribution in [1.29, 1.82) is 0 Å². The number of rotatable bonds is 3. The number of thiophene rings is 1. The molecule has 3 aliphatic carbocycles. The number of carbonyl (C=O) groups is 2. The van der Waals surface area contributed by atoms with Crippen molar-refractivity contribution in [2.75, 3.05) is 0 Å². The molecule has 2 fully saturated rings. The fourth-order valence-electron chi connectivity index (χ4n) is 3.80. The molecule has 0 spiro atoms. The zero-order chi connectivity index (χ0) is 16.1. The maximum absolute atomic E-state index is 12.5. The van der Waals surface area contributed by atoms with E-state index in [0.717, 1.165) is 29.2 Å². The molecule has 2 bridgehead atoms. The molecule has 1 saturated heterocycles. The Kier molecular flexibility index (Phi) is 3.15. The van der Waals surface area contributed by atoms with Crippen LogP contribution >= 0.6 is 11.3 Å². The van der Waals surface area contributed by atoms with E-state index >= 15 is 0 Å². The molecule has 2 amide bonds. The van der Waals surface area contributed by atoms with Crippen LogP contribution in [0, 0.1) is 33.8 Å². The summed E-state index contributed by atoms with van der Waals surface area (Å²) in [5.41, 5.74) is 0. The number of amides is 2. The van der Waals surface area contributed by atoms with Gasteiger partial charge >= 0.3 is 5.00 Å². The predicted octanol–water partition coefficient (Wildman–Crippen LogP) is 2.19. The minimum Gasteiger partial charge on any atom is -0.272 e. The molecule has 1 aromatic heterocycles. The molecule has 23 heavy (non-hydrogen) atoms. The largest absolute Gasteiger partial charge is 0.324 e. The minimum absolute atomic E-state index is 0.00133. The van der Waals surface area contributed by atoms with E-state index in [2.05, 4.69) is 17.3 Å². The summed E-state index contributed by atoms with van der Waals surface area (Å²) in [6.07, 6.45) is 7.33. The Morgan fingerprint density at radius 2 is 1.78 bits per heavy atom. The second-order valence-corrected chi connectivity index (χ2v) is 7.10. The van der Waals surface area contributed by atoms with E-state index in [0.29, 0.717) is 4.88 Å². The molecule has 0 N–H and O–H groups in total. The van der Waals surface area contributed by atoms with E-state index in [1.54, 1.807) is 6.07 Å². The van der Waals surface area contributed by atoms with Crippen LogP contribution in [0.3, 0.4) is 0 Å². The van der Waals surface area contributed by atoms with Crippen LogP contribution in [0.15, 0.2) is 29.4 Å². The Balaban J connectivity index is 1.58. The van der Waals surface area contributed by atoms with Crippen molar-refractivity contribution in [2.24, 2.45) is 28.8 Å². The van der Waals surface area contributed by atoms with Crippen molar-refractivity contribution in [1.82, 2.24) is 5.01 Å². The Morgan fingerprint density at radius 3 is 2.26 bits per heavy atom. The summed E-state index contributed by atoms with van der Waals surface area (Å²) in [7, 11) is 0. The van der Waals surface area contributed by atoms with Gasteiger partial charge in [0.1, 0.15) is 0 Å². The smallest absolute Gasteiger partial charge is 0.272 e. The van der Waals surface area contributed by atoms with Crippen LogP contribution in [0.1, 0.15) is 17.7 Å². The van der Waals surface area contributed by atoms with E-state index < -0.39 is 4.92 Å². The third-order valence-electron chi connectivity index (χ3n) is 4.83. The van der Waals surface area contributed by atoms with Gasteiger partial charge < -0.3 is 0 Å². The van der Waals surface area contributed by atoms with Gasteiger partial charge in [-0.1, -0.05) is 23.5 Å². The van der Waals surface area contributed by atoms with Gasteiger partial charge in [0.15, 0.2) is 0 Å². The summed E-state index contributed by atoms with van der Waals surface area (Å²) in [6.45, 7) is 0. The zero-order valence-corrected chi connectivity index (χ0v) is 12.8. The van der Waals surface area contributed by atoms with E-state index in [9.17, 15) is 19.7 Å². The van der Waals surface area contributed by atoms with Gasteiger partial charge in [0.2, 0.25) is 0 Å². The van der Waals surface area contributed by atoms with Gasteiger partial charge in [0.25, 0.3) is 11.8 Å². The van der Waals surface area contributed by atoms with Crippen molar-refractivity contribution in [3.8, 4) is 0 Å². The number of fused-ring (bicyclic) bond motifs is 1. The number of carbonyl (C=O) groups excluding carboxylic acids is 2. The molecular weight excluding hydrogens is 318 g/mol. The molecule has 7 nitrogen and oxygen atoms in total. The van der Waals surface area contributed by atoms with Crippen LogP contribution in [0.4, 0.5) is 5.00 Å². The van der Waals surface area contributed by atoms with Crippen molar-refractivity contribution in [2.45, 2.75) is 12.8 Å². The van der Waals surface area contributed by atoms with Crippen LogP contribution in [-0.4, -0.2) is 28.0 Å². The van der Waals surface area contributed by atoms with Gasteiger partial charge in [-0.25, -0.2) is 0 Å². The second-order valence-electron chi connectivity index (χ2n) is 6.01. The number of hydrogen-bond donors (Lipinski definition) is 0. The molecule has 8 heteroatoms. The molecule has 1 saturated carbocycles. The molecule has 0 aromatic carbocycles. The lowest BCUT2D eigenvalue weighted by Crippen LogP contribution is -2.38. The van der Waals surface area contributed by atoms with Gasteiger partial charge in [0.05, 0.1) is 27.9 Å². The van der Waals surface area contributed by atoms with Crippen LogP contribution in [0.5, 0.6) is 0 Å². The van der Waals surface area contributed by atoms with Crippen LogP contribution in [0.2, 0.25) is 0 Å². The normalized spacial score (nSPS) is 32.1. The number of imide groups is 1. The summed E-state index contributed by atoms with van der Waals surface area (Å²) in [6, 6.07) is 2.93. The third-order valence-corrected chi connectivity index (χ3v) is 5.80. The molecule has 1 aliphatic heterocycles. The first-order chi connectivity index (χ1) is 11.1. The van der Waals surface area contributed by atoms with Gasteiger partial charge in [-0.2, -0.15) is 10.1 Å². The van der Waals surface area contributed by atoms with E-state index in [4.69, 9.17) is 0 Å². The van der Waals surface area contributed by atoms with Gasteiger partial charge in [-0.05, 0) is 30.7 Å². The highest BCUT2D eigenvalue weighted by Gasteiger charge is 2.56. The lowest BCUT2D eigenvalue weighted by Gasteiger charge is -2.37. The number of hydrogen-bond acceptors (Lipinski definition) is 6. The van der Waals surface area contributed by atoms with Crippen molar-refractivity contribution >= 4 is 34.4 Å². The van der Waals surface area contributed by atoms with Crippen molar-refractivity contribution in [3.05, 3.63) is 39.3 Å². The SMILES string of the molecule is O=C1[C@H]2[C@H](C(=O)N1/N=C\c1ccc([N+](=O)[O-])s1)[C@H]1C=C[C@H]2CC1. The summed E-state index contributed by atoms with van der Waals surface area (Å²) in [4.78, 5) is 35.8. The van der Waals surface area contributed by atoms with Crippen LogP contribution in [0.25, 0.3) is 0 Å². The molecule has 5 rings (SSSR count). The summed E-state index contributed by atoms with van der Waals surface area (Å²) in [5.74, 6) is -0.821. The first-order valence-electron chi connectivity index (χ1n) is 7.40. The van der Waals surface area contributed by atoms with E-state index in [-0.39, 0.29) is 40.5 Å². The second kappa shape index (κ2) is 5.09. The predicted molar refractivity (Wildman–Crippen MR) is 82.8 cm³/mol. The molecule has 1 aromatic rings. The molecule has 0 unspecified atom stereocenters. The standard InChI is InChI=1S/C15H13N3O4S/c19-14-12-8-1-2-9(4-3-8)13(12)15(20)17(14)16-7-10-5-6-11(23-10)18(21)22/h1-2,5-9,12-13H,3-4H2/b16-7-/t8-,9-,12+,13+/m0/s1.